The number of nitrogens with one attached hydrogen (secondary N) is 1. The molecule has 0 radical (unpaired) electrons. The zero-order valence-corrected chi connectivity index (χ0v) is 13.8. The van der Waals surface area contributed by atoms with Gasteiger partial charge >= 0.3 is 6.18 Å². The van der Waals surface area contributed by atoms with E-state index >= 15 is 0 Å². The number of benzene rings is 1. The molecule has 3 aromatic rings. The predicted molar refractivity (Wildman–Crippen MR) is 95.0 cm³/mol. The molecule has 7 heteroatoms. The van der Waals surface area contributed by atoms with Crippen LogP contribution in [0.1, 0.15) is 11.1 Å². The van der Waals surface area contributed by atoms with Crippen molar-refractivity contribution in [1.82, 2.24) is 9.97 Å². The summed E-state index contributed by atoms with van der Waals surface area (Å²) < 4.78 is 38.4. The maximum Gasteiger partial charge on any atom is 0.416 e. The first-order valence-corrected chi connectivity index (χ1v) is 8.02. The Balaban J connectivity index is 1.85. The lowest BCUT2D eigenvalue weighted by atomic mass is 10.1. The maximum absolute atomic E-state index is 12.8. The SMILES string of the molecule is NCCc1cccc(-c2cccc(Nc3cc(C(F)(F)F)ccn3)n2)c1. The number of rotatable bonds is 5. The second-order valence-corrected chi connectivity index (χ2v) is 5.70. The monoisotopic (exact) mass is 358 g/mol. The molecule has 2 heterocycles. The number of alkyl halides is 3. The molecule has 0 aliphatic carbocycles. The van der Waals surface area contributed by atoms with Crippen LogP contribution in [0.3, 0.4) is 0 Å². The lowest BCUT2D eigenvalue weighted by molar-refractivity contribution is -0.137. The van der Waals surface area contributed by atoms with Gasteiger partial charge in [-0.25, -0.2) is 9.97 Å². The third-order valence-electron chi connectivity index (χ3n) is 3.75. The minimum Gasteiger partial charge on any atom is -0.330 e. The highest BCUT2D eigenvalue weighted by Crippen LogP contribution is 2.30. The summed E-state index contributed by atoms with van der Waals surface area (Å²) >= 11 is 0. The highest BCUT2D eigenvalue weighted by molar-refractivity contribution is 5.64. The molecule has 0 fully saturated rings. The molecule has 0 spiro atoms. The van der Waals surface area contributed by atoms with Crippen LogP contribution in [0, 0.1) is 0 Å². The lowest BCUT2D eigenvalue weighted by Crippen LogP contribution is -2.06. The van der Waals surface area contributed by atoms with Crippen molar-refractivity contribution in [1.29, 1.82) is 0 Å². The first-order chi connectivity index (χ1) is 12.5. The molecule has 0 aliphatic rings. The first kappa shape index (κ1) is 17.9. The number of hydrogen-bond acceptors (Lipinski definition) is 4. The van der Waals surface area contributed by atoms with Gasteiger partial charge in [-0.1, -0.05) is 24.3 Å². The Labute approximate surface area is 148 Å². The maximum atomic E-state index is 12.8. The van der Waals surface area contributed by atoms with E-state index in [1.54, 1.807) is 12.1 Å². The van der Waals surface area contributed by atoms with Crippen molar-refractivity contribution in [3.63, 3.8) is 0 Å². The molecule has 4 nitrogen and oxygen atoms in total. The normalized spacial score (nSPS) is 11.4. The summed E-state index contributed by atoms with van der Waals surface area (Å²) in [5.74, 6) is 0.500. The highest BCUT2D eigenvalue weighted by atomic mass is 19.4. The number of nitrogens with two attached hydrogens (primary N) is 1. The van der Waals surface area contributed by atoms with Gasteiger partial charge < -0.3 is 11.1 Å². The van der Waals surface area contributed by atoms with Crippen LogP contribution in [-0.2, 0) is 12.6 Å². The van der Waals surface area contributed by atoms with Crippen LogP contribution in [0.4, 0.5) is 24.8 Å². The molecular formula is C19H17F3N4. The molecule has 2 aromatic heterocycles. The van der Waals surface area contributed by atoms with Crippen molar-refractivity contribution < 1.29 is 13.2 Å². The summed E-state index contributed by atoms with van der Waals surface area (Å²) in [6.07, 6.45) is -2.54. The first-order valence-electron chi connectivity index (χ1n) is 8.02. The van der Waals surface area contributed by atoms with Crippen molar-refractivity contribution in [3.8, 4) is 11.3 Å². The standard InChI is InChI=1S/C19H17F3N4/c20-19(21,22)15-8-10-24-18(12-15)26-17-6-2-5-16(25-17)14-4-1-3-13(11-14)7-9-23/h1-6,8,10-12H,7,9,23H2,(H,24,25,26). The van der Waals surface area contributed by atoms with Crippen LogP contribution in [-0.4, -0.2) is 16.5 Å². The van der Waals surface area contributed by atoms with E-state index in [9.17, 15) is 13.2 Å². The van der Waals surface area contributed by atoms with Gasteiger partial charge in [-0.3, -0.25) is 0 Å². The molecule has 3 N–H and O–H groups in total. The molecule has 0 unspecified atom stereocenters. The molecule has 0 saturated heterocycles. The molecule has 0 bridgehead atoms. The Morgan fingerprint density at radius 3 is 2.54 bits per heavy atom. The number of hydrogen-bond donors (Lipinski definition) is 2. The van der Waals surface area contributed by atoms with Crippen LogP contribution >= 0.6 is 0 Å². The van der Waals surface area contributed by atoms with E-state index in [-0.39, 0.29) is 5.82 Å². The van der Waals surface area contributed by atoms with Gasteiger partial charge in [0.1, 0.15) is 11.6 Å². The van der Waals surface area contributed by atoms with Gasteiger partial charge in [0.15, 0.2) is 0 Å². The zero-order chi connectivity index (χ0) is 18.6. The second-order valence-electron chi connectivity index (χ2n) is 5.70. The van der Waals surface area contributed by atoms with Gasteiger partial charge in [-0.2, -0.15) is 13.2 Å². The van der Waals surface area contributed by atoms with Gasteiger partial charge in [0.2, 0.25) is 0 Å². The minimum atomic E-state index is -4.42. The van der Waals surface area contributed by atoms with E-state index in [2.05, 4.69) is 15.3 Å². The van der Waals surface area contributed by atoms with E-state index in [0.29, 0.717) is 18.1 Å². The van der Waals surface area contributed by atoms with Crippen LogP contribution in [0.15, 0.2) is 60.8 Å². The van der Waals surface area contributed by atoms with E-state index in [4.69, 9.17) is 5.73 Å². The van der Waals surface area contributed by atoms with Gasteiger partial charge in [0.05, 0.1) is 11.3 Å². The van der Waals surface area contributed by atoms with Crippen LogP contribution in [0.25, 0.3) is 11.3 Å². The Morgan fingerprint density at radius 2 is 1.77 bits per heavy atom. The molecule has 134 valence electrons. The zero-order valence-electron chi connectivity index (χ0n) is 13.8. The lowest BCUT2D eigenvalue weighted by Gasteiger charge is -2.10. The Hall–Kier alpha value is -2.93. The van der Waals surface area contributed by atoms with Gasteiger partial charge in [0, 0.05) is 11.8 Å². The average molecular weight is 358 g/mol. The Morgan fingerprint density at radius 1 is 0.962 bits per heavy atom. The summed E-state index contributed by atoms with van der Waals surface area (Å²) in [6, 6.07) is 15.0. The van der Waals surface area contributed by atoms with Crippen LogP contribution < -0.4 is 11.1 Å². The fourth-order valence-corrected chi connectivity index (χ4v) is 2.52. The van der Waals surface area contributed by atoms with Crippen molar-refractivity contribution in [2.75, 3.05) is 11.9 Å². The number of anilines is 2. The van der Waals surface area contributed by atoms with Crippen molar-refractivity contribution >= 4 is 11.6 Å². The van der Waals surface area contributed by atoms with Crippen LogP contribution in [0.5, 0.6) is 0 Å². The number of pyridine rings is 2. The van der Waals surface area contributed by atoms with Gasteiger partial charge in [0.25, 0.3) is 0 Å². The predicted octanol–water partition coefficient (Wildman–Crippen LogP) is 4.41. The van der Waals surface area contributed by atoms with E-state index < -0.39 is 11.7 Å². The second kappa shape index (κ2) is 7.53. The van der Waals surface area contributed by atoms with E-state index in [1.807, 2.05) is 30.3 Å². The van der Waals surface area contributed by atoms with Crippen molar-refractivity contribution in [2.45, 2.75) is 12.6 Å². The molecule has 1 aromatic carbocycles. The number of halogens is 3. The van der Waals surface area contributed by atoms with Crippen LogP contribution in [0.2, 0.25) is 0 Å². The van der Waals surface area contributed by atoms with Gasteiger partial charge in [-0.05, 0) is 48.9 Å². The van der Waals surface area contributed by atoms with E-state index in [0.717, 1.165) is 35.9 Å². The fourth-order valence-electron chi connectivity index (χ4n) is 2.52. The summed E-state index contributed by atoms with van der Waals surface area (Å²) in [5, 5.41) is 2.82. The molecule has 3 rings (SSSR count). The number of nitrogens with zero attached hydrogens (tertiary/aromatic N) is 2. The molecular weight excluding hydrogens is 341 g/mol. The Kier molecular flexibility index (Phi) is 5.18. The molecule has 26 heavy (non-hydrogen) atoms. The quantitative estimate of drug-likeness (QED) is 0.709. The average Bonchev–Trinajstić information content (AvgIpc) is 2.62. The molecule has 0 saturated carbocycles. The summed E-state index contributed by atoms with van der Waals surface area (Å²) in [7, 11) is 0. The minimum absolute atomic E-state index is 0.0846. The highest BCUT2D eigenvalue weighted by Gasteiger charge is 2.30. The molecule has 0 amide bonds. The summed E-state index contributed by atoms with van der Waals surface area (Å²) in [4.78, 5) is 8.39. The van der Waals surface area contributed by atoms with Gasteiger partial charge in [-0.15, -0.1) is 0 Å². The third-order valence-corrected chi connectivity index (χ3v) is 3.75. The van der Waals surface area contributed by atoms with Crippen molar-refractivity contribution in [2.24, 2.45) is 5.73 Å². The fraction of sp³-hybridized carbons (Fsp3) is 0.158. The summed E-state index contributed by atoms with van der Waals surface area (Å²) in [5.41, 5.74) is 7.55. The molecule has 0 aliphatic heterocycles. The Bertz CT molecular complexity index is 894. The summed E-state index contributed by atoms with van der Waals surface area (Å²) in [6.45, 7) is 0.555. The largest absolute Gasteiger partial charge is 0.416 e. The topological polar surface area (TPSA) is 63.8 Å². The third kappa shape index (κ3) is 4.37. The van der Waals surface area contributed by atoms with Crippen molar-refractivity contribution in [3.05, 3.63) is 71.9 Å². The molecule has 0 atom stereocenters. The smallest absolute Gasteiger partial charge is 0.330 e. The van der Waals surface area contributed by atoms with E-state index in [1.165, 1.54) is 0 Å². The number of aromatic nitrogens is 2.